The van der Waals surface area contributed by atoms with Crippen LogP contribution in [0.15, 0.2) is 36.8 Å². The maximum atomic E-state index is 11.8. The quantitative estimate of drug-likeness (QED) is 0.857. The van der Waals surface area contributed by atoms with E-state index in [2.05, 4.69) is 4.98 Å². The first-order valence-electron chi connectivity index (χ1n) is 7.32. The summed E-state index contributed by atoms with van der Waals surface area (Å²) in [6, 6.07) is 7.34. The first kappa shape index (κ1) is 15.1. The van der Waals surface area contributed by atoms with Gasteiger partial charge in [0.05, 0.1) is 12.0 Å². The molecule has 0 aliphatic heterocycles. The molecule has 0 unspecified atom stereocenters. The Morgan fingerprint density at radius 2 is 2.18 bits per heavy atom. The van der Waals surface area contributed by atoms with E-state index in [0.29, 0.717) is 23.7 Å². The van der Waals surface area contributed by atoms with Gasteiger partial charge in [0.25, 0.3) is 0 Å². The lowest BCUT2D eigenvalue weighted by Gasteiger charge is -2.09. The summed E-state index contributed by atoms with van der Waals surface area (Å²) < 4.78 is 1.83. The Bertz CT molecular complexity index is 683. The van der Waals surface area contributed by atoms with E-state index in [9.17, 15) is 9.90 Å². The lowest BCUT2D eigenvalue weighted by molar-refractivity contribution is -0.140. The van der Waals surface area contributed by atoms with Gasteiger partial charge in [-0.1, -0.05) is 11.6 Å². The fraction of sp³-hybridized carbons (Fsp3) is 0.375. The van der Waals surface area contributed by atoms with E-state index in [4.69, 9.17) is 17.3 Å². The van der Waals surface area contributed by atoms with Gasteiger partial charge in [0.2, 0.25) is 0 Å². The number of nitrogens with two attached hydrogens (primary N) is 1. The molecule has 1 fully saturated rings. The summed E-state index contributed by atoms with van der Waals surface area (Å²) in [4.78, 5) is 16.1. The van der Waals surface area contributed by atoms with Crippen molar-refractivity contribution < 1.29 is 9.90 Å². The lowest BCUT2D eigenvalue weighted by atomic mass is 9.98. The van der Waals surface area contributed by atoms with Crippen LogP contribution < -0.4 is 5.73 Å². The molecule has 2 aromatic rings. The van der Waals surface area contributed by atoms with Crippen LogP contribution in [0.2, 0.25) is 5.02 Å². The molecule has 1 aromatic heterocycles. The van der Waals surface area contributed by atoms with E-state index in [-0.39, 0.29) is 5.92 Å². The highest BCUT2D eigenvalue weighted by atomic mass is 35.5. The topological polar surface area (TPSA) is 81.1 Å². The van der Waals surface area contributed by atoms with Crippen LogP contribution in [0, 0.1) is 5.92 Å². The number of aliphatic carboxylic acids is 1. The van der Waals surface area contributed by atoms with Crippen molar-refractivity contribution in [2.24, 2.45) is 11.7 Å². The van der Waals surface area contributed by atoms with Gasteiger partial charge in [-0.3, -0.25) is 4.79 Å². The minimum Gasteiger partial charge on any atom is -0.481 e. The third-order valence-corrected chi connectivity index (χ3v) is 4.66. The Labute approximate surface area is 133 Å². The predicted molar refractivity (Wildman–Crippen MR) is 84.3 cm³/mol. The van der Waals surface area contributed by atoms with Gasteiger partial charge in [-0.25, -0.2) is 4.98 Å². The molecule has 1 aliphatic rings. The molecule has 6 heteroatoms. The molecule has 1 aromatic carbocycles. The molecule has 2 atom stereocenters. The van der Waals surface area contributed by atoms with Gasteiger partial charge in [0.1, 0.15) is 5.41 Å². The number of aromatic nitrogens is 2. The minimum atomic E-state index is -0.840. The highest BCUT2D eigenvalue weighted by molar-refractivity contribution is 6.30. The van der Waals surface area contributed by atoms with Crippen molar-refractivity contribution in [3.63, 3.8) is 0 Å². The van der Waals surface area contributed by atoms with Crippen molar-refractivity contribution in [1.29, 1.82) is 0 Å². The van der Waals surface area contributed by atoms with E-state index >= 15 is 0 Å². The number of carbonyl (C=O) groups is 1. The molecular weight excluding hydrogens is 302 g/mol. The van der Waals surface area contributed by atoms with E-state index in [1.807, 2.05) is 16.7 Å². The highest BCUT2D eigenvalue weighted by Gasteiger charge is 2.62. The molecular formula is C16H18ClN3O2. The number of rotatable bonds is 6. The number of benzene rings is 1. The maximum absolute atomic E-state index is 11.8. The molecule has 0 radical (unpaired) electrons. The Balaban J connectivity index is 1.86. The molecule has 0 spiro atoms. The fourth-order valence-corrected chi connectivity index (χ4v) is 3.16. The van der Waals surface area contributed by atoms with E-state index in [0.717, 1.165) is 18.5 Å². The smallest absolute Gasteiger partial charge is 0.316 e. The van der Waals surface area contributed by atoms with Crippen LogP contribution in [0.3, 0.4) is 0 Å². The minimum absolute atomic E-state index is 0.127. The van der Waals surface area contributed by atoms with Crippen LogP contribution in [0.1, 0.15) is 25.0 Å². The zero-order valence-electron chi connectivity index (χ0n) is 12.1. The maximum Gasteiger partial charge on any atom is 0.316 e. The number of nitrogens with zero attached hydrogens (tertiary/aromatic N) is 2. The molecule has 0 amide bonds. The summed E-state index contributed by atoms with van der Waals surface area (Å²) in [6.45, 7) is 0.589. The van der Waals surface area contributed by atoms with Crippen molar-refractivity contribution in [2.45, 2.75) is 24.7 Å². The fourth-order valence-electron chi connectivity index (χ4n) is 3.04. The van der Waals surface area contributed by atoms with Crippen molar-refractivity contribution in [2.75, 3.05) is 6.54 Å². The molecule has 1 saturated carbocycles. The van der Waals surface area contributed by atoms with Crippen LogP contribution in [0.4, 0.5) is 0 Å². The summed E-state index contributed by atoms with van der Waals surface area (Å²) in [6.07, 6.45) is 5.77. The van der Waals surface area contributed by atoms with Gasteiger partial charge in [-0.05, 0) is 56.0 Å². The van der Waals surface area contributed by atoms with E-state index in [1.54, 1.807) is 24.7 Å². The van der Waals surface area contributed by atoms with Gasteiger partial charge >= 0.3 is 5.97 Å². The zero-order valence-corrected chi connectivity index (χ0v) is 12.8. The largest absolute Gasteiger partial charge is 0.481 e. The number of hydrogen-bond donors (Lipinski definition) is 2. The van der Waals surface area contributed by atoms with Crippen molar-refractivity contribution in [3.8, 4) is 5.69 Å². The van der Waals surface area contributed by atoms with Gasteiger partial charge in [0, 0.05) is 16.9 Å². The first-order valence-corrected chi connectivity index (χ1v) is 7.69. The standard InChI is InChI=1S/C16H18ClN3O2/c17-12-3-5-13(6-4-12)20-9-14(19-10-20)16(15(21)22)8-11(16)2-1-7-18/h3-6,9-11H,1-2,7-8,18H2,(H,21,22)/t11-,16+/m0/s1. The van der Waals surface area contributed by atoms with Crippen LogP contribution in [0.25, 0.3) is 5.69 Å². The third kappa shape index (κ3) is 2.51. The average molecular weight is 320 g/mol. The van der Waals surface area contributed by atoms with Crippen LogP contribution in [-0.4, -0.2) is 27.2 Å². The van der Waals surface area contributed by atoms with E-state index in [1.165, 1.54) is 0 Å². The monoisotopic (exact) mass is 319 g/mol. The number of carboxylic acid groups (broad SMARTS) is 1. The summed E-state index contributed by atoms with van der Waals surface area (Å²) >= 11 is 5.88. The van der Waals surface area contributed by atoms with Gasteiger partial charge < -0.3 is 15.4 Å². The molecule has 5 nitrogen and oxygen atoms in total. The Morgan fingerprint density at radius 3 is 2.82 bits per heavy atom. The molecule has 116 valence electrons. The summed E-state index contributed by atoms with van der Waals surface area (Å²) in [5.74, 6) is -0.669. The van der Waals surface area contributed by atoms with Crippen molar-refractivity contribution >= 4 is 17.6 Å². The average Bonchev–Trinajstić information content (AvgIpc) is 3.04. The number of carboxylic acids is 1. The lowest BCUT2D eigenvalue weighted by Crippen LogP contribution is -2.23. The Kier molecular flexibility index (Phi) is 3.93. The third-order valence-electron chi connectivity index (χ3n) is 4.41. The predicted octanol–water partition coefficient (Wildman–Crippen LogP) is 2.61. The summed E-state index contributed by atoms with van der Waals surface area (Å²) in [7, 11) is 0. The second-order valence-electron chi connectivity index (χ2n) is 5.75. The SMILES string of the molecule is NCCC[C@H]1C[C@]1(C(=O)O)c1cn(-c2ccc(Cl)cc2)cn1. The van der Waals surface area contributed by atoms with Crippen LogP contribution in [-0.2, 0) is 10.2 Å². The summed E-state index contributed by atoms with van der Waals surface area (Å²) in [5.41, 5.74) is 6.21. The van der Waals surface area contributed by atoms with Crippen LogP contribution in [0.5, 0.6) is 0 Å². The zero-order chi connectivity index (χ0) is 15.7. The van der Waals surface area contributed by atoms with Gasteiger partial charge in [-0.15, -0.1) is 0 Å². The molecule has 22 heavy (non-hydrogen) atoms. The Morgan fingerprint density at radius 1 is 1.45 bits per heavy atom. The summed E-state index contributed by atoms with van der Waals surface area (Å²) in [5, 5.41) is 10.3. The van der Waals surface area contributed by atoms with Crippen molar-refractivity contribution in [3.05, 3.63) is 47.5 Å². The normalized spacial score (nSPS) is 23.5. The Hall–Kier alpha value is -1.85. The van der Waals surface area contributed by atoms with E-state index < -0.39 is 11.4 Å². The molecule has 3 N–H and O–H groups in total. The molecule has 1 aliphatic carbocycles. The molecule has 1 heterocycles. The molecule has 0 bridgehead atoms. The highest BCUT2D eigenvalue weighted by Crippen LogP contribution is 2.56. The number of imidazole rings is 1. The van der Waals surface area contributed by atoms with Crippen LogP contribution >= 0.6 is 11.6 Å². The second kappa shape index (κ2) is 5.74. The molecule has 0 saturated heterocycles. The number of hydrogen-bond acceptors (Lipinski definition) is 3. The van der Waals surface area contributed by atoms with Gasteiger partial charge in [0.15, 0.2) is 0 Å². The molecule has 3 rings (SSSR count). The second-order valence-corrected chi connectivity index (χ2v) is 6.19. The van der Waals surface area contributed by atoms with Gasteiger partial charge in [-0.2, -0.15) is 0 Å². The van der Waals surface area contributed by atoms with Crippen molar-refractivity contribution in [1.82, 2.24) is 9.55 Å². The first-order chi connectivity index (χ1) is 10.6. The number of halogens is 1.